The molecule has 1 N–H and O–H groups in total. The molecule has 14 heavy (non-hydrogen) atoms. The lowest BCUT2D eigenvalue weighted by atomic mass is 9.84. The van der Waals surface area contributed by atoms with E-state index in [0.29, 0.717) is 0 Å². The molecule has 0 bridgehead atoms. The quantitative estimate of drug-likeness (QED) is 0.725. The molecule has 0 radical (unpaired) electrons. The molecule has 0 aromatic heterocycles. The number of nitrogens with one attached hydrogen (secondary N) is 1. The second-order valence-electron chi connectivity index (χ2n) is 4.87. The van der Waals surface area contributed by atoms with Gasteiger partial charge in [0.15, 0.2) is 0 Å². The smallest absolute Gasteiger partial charge is 0.0110 e. The number of nitrogens with zero attached hydrogens (tertiary/aromatic N) is 1. The zero-order valence-corrected chi connectivity index (χ0v) is 9.47. The van der Waals surface area contributed by atoms with E-state index in [1.807, 2.05) is 0 Å². The highest BCUT2D eigenvalue weighted by Crippen LogP contribution is 2.29. The summed E-state index contributed by atoms with van der Waals surface area (Å²) in [7, 11) is 0. The van der Waals surface area contributed by atoms with Crippen molar-refractivity contribution in [1.29, 1.82) is 0 Å². The van der Waals surface area contributed by atoms with Crippen LogP contribution < -0.4 is 5.32 Å². The molecule has 1 saturated heterocycles. The Morgan fingerprint density at radius 2 is 1.71 bits per heavy atom. The zero-order chi connectivity index (χ0) is 9.80. The second-order valence-corrected chi connectivity index (χ2v) is 4.87. The average Bonchev–Trinajstić information content (AvgIpc) is 2.30. The fourth-order valence-electron chi connectivity index (χ4n) is 2.97. The van der Waals surface area contributed by atoms with Crippen LogP contribution in [0.25, 0.3) is 0 Å². The van der Waals surface area contributed by atoms with Gasteiger partial charge in [0.05, 0.1) is 0 Å². The maximum Gasteiger partial charge on any atom is 0.0110 e. The molecule has 2 heteroatoms. The van der Waals surface area contributed by atoms with Crippen molar-refractivity contribution in [3.63, 3.8) is 0 Å². The lowest BCUT2D eigenvalue weighted by molar-refractivity contribution is 0.121. The van der Waals surface area contributed by atoms with Gasteiger partial charge in [0.25, 0.3) is 0 Å². The van der Waals surface area contributed by atoms with Crippen LogP contribution in [-0.2, 0) is 0 Å². The van der Waals surface area contributed by atoms with E-state index in [0.717, 1.165) is 12.0 Å². The van der Waals surface area contributed by atoms with Crippen LogP contribution in [0.15, 0.2) is 0 Å². The number of rotatable bonds is 2. The summed E-state index contributed by atoms with van der Waals surface area (Å²) < 4.78 is 0. The Hall–Kier alpha value is -0.0800. The summed E-state index contributed by atoms with van der Waals surface area (Å²) in [5.41, 5.74) is 0. The van der Waals surface area contributed by atoms with Gasteiger partial charge in [-0.3, -0.25) is 4.90 Å². The average molecular weight is 196 g/mol. The first-order chi connectivity index (χ1) is 6.90. The van der Waals surface area contributed by atoms with Crippen LogP contribution in [0.1, 0.15) is 39.0 Å². The molecule has 0 spiro atoms. The molecule has 2 aliphatic rings. The van der Waals surface area contributed by atoms with E-state index in [4.69, 9.17) is 0 Å². The third-order valence-corrected chi connectivity index (χ3v) is 4.06. The monoisotopic (exact) mass is 196 g/mol. The largest absolute Gasteiger partial charge is 0.314 e. The van der Waals surface area contributed by atoms with Crippen molar-refractivity contribution in [2.75, 3.05) is 26.2 Å². The Labute approximate surface area is 88.1 Å². The molecule has 1 saturated carbocycles. The van der Waals surface area contributed by atoms with Crippen molar-refractivity contribution in [1.82, 2.24) is 10.2 Å². The standard InChI is InChI=1S/C12H24N2/c1-2-11-3-5-12(6-4-11)14-9-7-13-8-10-14/h11-13H,2-10H2,1H3. The minimum Gasteiger partial charge on any atom is -0.314 e. The van der Waals surface area contributed by atoms with E-state index in [1.54, 1.807) is 0 Å². The van der Waals surface area contributed by atoms with Crippen LogP contribution in [0.4, 0.5) is 0 Å². The van der Waals surface area contributed by atoms with Gasteiger partial charge in [-0.15, -0.1) is 0 Å². The van der Waals surface area contributed by atoms with E-state index >= 15 is 0 Å². The fourth-order valence-corrected chi connectivity index (χ4v) is 2.97. The molecule has 1 aliphatic carbocycles. The predicted octanol–water partition coefficient (Wildman–Crippen LogP) is 1.86. The molecule has 2 fully saturated rings. The fraction of sp³-hybridized carbons (Fsp3) is 1.00. The van der Waals surface area contributed by atoms with Crippen molar-refractivity contribution < 1.29 is 0 Å². The number of hydrogen-bond donors (Lipinski definition) is 1. The SMILES string of the molecule is CCC1CCC(N2CCNCC2)CC1. The third kappa shape index (κ3) is 2.48. The summed E-state index contributed by atoms with van der Waals surface area (Å²) in [6.07, 6.45) is 7.27. The molecule has 1 aliphatic heterocycles. The minimum atomic E-state index is 0.917. The molecule has 2 rings (SSSR count). The summed E-state index contributed by atoms with van der Waals surface area (Å²) in [5, 5.41) is 3.43. The highest BCUT2D eigenvalue weighted by Gasteiger charge is 2.25. The molecule has 0 aromatic rings. The Kier molecular flexibility index (Phi) is 3.82. The first kappa shape index (κ1) is 10.4. The van der Waals surface area contributed by atoms with Crippen molar-refractivity contribution in [2.24, 2.45) is 5.92 Å². The van der Waals surface area contributed by atoms with E-state index in [2.05, 4.69) is 17.1 Å². The maximum atomic E-state index is 3.43. The van der Waals surface area contributed by atoms with Gasteiger partial charge in [-0.25, -0.2) is 0 Å². The predicted molar refractivity (Wildman–Crippen MR) is 60.5 cm³/mol. The van der Waals surface area contributed by atoms with Crippen LogP contribution in [0.2, 0.25) is 0 Å². The normalized spacial score (nSPS) is 35.8. The summed E-state index contributed by atoms with van der Waals surface area (Å²) in [6.45, 7) is 7.31. The van der Waals surface area contributed by atoms with Gasteiger partial charge in [0.1, 0.15) is 0 Å². The van der Waals surface area contributed by atoms with Crippen LogP contribution in [0.3, 0.4) is 0 Å². The Morgan fingerprint density at radius 3 is 2.29 bits per heavy atom. The summed E-state index contributed by atoms with van der Waals surface area (Å²) in [4.78, 5) is 2.71. The lowest BCUT2D eigenvalue weighted by Gasteiger charge is -2.39. The van der Waals surface area contributed by atoms with E-state index < -0.39 is 0 Å². The first-order valence-corrected chi connectivity index (χ1v) is 6.35. The Balaban J connectivity index is 1.76. The van der Waals surface area contributed by atoms with Crippen molar-refractivity contribution in [2.45, 2.75) is 45.1 Å². The highest BCUT2D eigenvalue weighted by atomic mass is 15.2. The minimum absolute atomic E-state index is 0.917. The number of hydrogen-bond acceptors (Lipinski definition) is 2. The van der Waals surface area contributed by atoms with E-state index in [1.165, 1.54) is 58.3 Å². The second kappa shape index (κ2) is 5.13. The topological polar surface area (TPSA) is 15.3 Å². The Bertz CT molecular complexity index is 156. The van der Waals surface area contributed by atoms with Crippen molar-refractivity contribution in [3.05, 3.63) is 0 Å². The molecule has 82 valence electrons. The van der Waals surface area contributed by atoms with Crippen molar-refractivity contribution >= 4 is 0 Å². The van der Waals surface area contributed by atoms with Gasteiger partial charge in [0.2, 0.25) is 0 Å². The molecule has 0 amide bonds. The molecule has 2 nitrogen and oxygen atoms in total. The van der Waals surface area contributed by atoms with Gasteiger partial charge < -0.3 is 5.32 Å². The van der Waals surface area contributed by atoms with E-state index in [9.17, 15) is 0 Å². The van der Waals surface area contributed by atoms with E-state index in [-0.39, 0.29) is 0 Å². The molecular formula is C12H24N2. The third-order valence-electron chi connectivity index (χ3n) is 4.06. The van der Waals surface area contributed by atoms with Gasteiger partial charge in [-0.2, -0.15) is 0 Å². The lowest BCUT2D eigenvalue weighted by Crippen LogP contribution is -2.49. The van der Waals surface area contributed by atoms with Crippen LogP contribution >= 0.6 is 0 Å². The molecule has 0 unspecified atom stereocenters. The zero-order valence-electron chi connectivity index (χ0n) is 9.47. The molecular weight excluding hydrogens is 172 g/mol. The summed E-state index contributed by atoms with van der Waals surface area (Å²) >= 11 is 0. The molecule has 0 atom stereocenters. The molecule has 0 aromatic carbocycles. The van der Waals surface area contributed by atoms with Gasteiger partial charge in [-0.05, 0) is 31.6 Å². The Morgan fingerprint density at radius 1 is 1.07 bits per heavy atom. The van der Waals surface area contributed by atoms with Gasteiger partial charge >= 0.3 is 0 Å². The van der Waals surface area contributed by atoms with Crippen LogP contribution in [0, 0.1) is 5.92 Å². The summed E-state index contributed by atoms with van der Waals surface area (Å²) in [6, 6.07) is 0.917. The summed E-state index contributed by atoms with van der Waals surface area (Å²) in [5.74, 6) is 1.04. The highest BCUT2D eigenvalue weighted by molar-refractivity contribution is 4.81. The van der Waals surface area contributed by atoms with Gasteiger partial charge in [0, 0.05) is 32.2 Å². The van der Waals surface area contributed by atoms with Gasteiger partial charge in [-0.1, -0.05) is 13.3 Å². The van der Waals surface area contributed by atoms with Crippen LogP contribution in [-0.4, -0.2) is 37.1 Å². The molecule has 1 heterocycles. The van der Waals surface area contributed by atoms with Crippen molar-refractivity contribution in [3.8, 4) is 0 Å². The number of piperazine rings is 1. The maximum absolute atomic E-state index is 3.43. The van der Waals surface area contributed by atoms with Crippen LogP contribution in [0.5, 0.6) is 0 Å². The first-order valence-electron chi connectivity index (χ1n) is 6.35.